The molecule has 0 unspecified atom stereocenters. The number of anilines is 1. The normalized spacial score (nSPS) is 13.4. The summed E-state index contributed by atoms with van der Waals surface area (Å²) in [6, 6.07) is 11.8. The molecule has 5 rings (SSSR count). The lowest BCUT2D eigenvalue weighted by Gasteiger charge is -2.20. The van der Waals surface area contributed by atoms with E-state index in [1.165, 1.54) is 0 Å². The number of nitrogens with zero attached hydrogens (tertiary/aromatic N) is 4. The lowest BCUT2D eigenvalue weighted by molar-refractivity contribution is 0.354. The van der Waals surface area contributed by atoms with Gasteiger partial charge in [-0.2, -0.15) is 0 Å². The van der Waals surface area contributed by atoms with Gasteiger partial charge in [0.05, 0.1) is 36.5 Å². The predicted octanol–water partition coefficient (Wildman–Crippen LogP) is 2.88. The molecule has 140 valence electrons. The van der Waals surface area contributed by atoms with Crippen LogP contribution in [0.2, 0.25) is 0 Å². The minimum Gasteiger partial charge on any atom is -0.493 e. The molecule has 0 saturated heterocycles. The Hall–Kier alpha value is -3.61. The molecule has 0 radical (unpaired) electrons. The van der Waals surface area contributed by atoms with E-state index in [2.05, 4.69) is 9.97 Å². The van der Waals surface area contributed by atoms with Crippen molar-refractivity contribution < 1.29 is 9.47 Å². The van der Waals surface area contributed by atoms with Crippen LogP contribution in [0, 0.1) is 0 Å². The highest BCUT2D eigenvalue weighted by atomic mass is 16.5. The van der Waals surface area contributed by atoms with Crippen molar-refractivity contribution in [3.05, 3.63) is 59.3 Å². The predicted molar refractivity (Wildman–Crippen MR) is 109 cm³/mol. The van der Waals surface area contributed by atoms with Crippen LogP contribution in [0.4, 0.5) is 5.82 Å². The van der Waals surface area contributed by atoms with Crippen molar-refractivity contribution >= 4 is 28.3 Å². The van der Waals surface area contributed by atoms with Gasteiger partial charge in [-0.1, -0.05) is 12.1 Å². The van der Waals surface area contributed by atoms with Crippen molar-refractivity contribution in [3.63, 3.8) is 0 Å². The molecule has 1 aliphatic rings. The number of benzene rings is 2. The monoisotopic (exact) mass is 373 g/mol. The van der Waals surface area contributed by atoms with Crippen LogP contribution in [-0.2, 0) is 6.42 Å². The van der Waals surface area contributed by atoms with Crippen molar-refractivity contribution in [1.82, 2.24) is 14.4 Å². The van der Waals surface area contributed by atoms with Gasteiger partial charge in [0.25, 0.3) is 0 Å². The summed E-state index contributed by atoms with van der Waals surface area (Å²) in [5.41, 5.74) is 12.1. The van der Waals surface area contributed by atoms with Crippen LogP contribution in [-0.4, -0.2) is 40.8 Å². The summed E-state index contributed by atoms with van der Waals surface area (Å²) in [5.74, 6) is 2.52. The number of ether oxygens (including phenoxy) is 2. The third-order valence-corrected chi connectivity index (χ3v) is 5.14. The topological polar surface area (TPSA) is 87.0 Å². The van der Waals surface area contributed by atoms with E-state index in [9.17, 15) is 0 Å². The highest BCUT2D eigenvalue weighted by Crippen LogP contribution is 2.34. The van der Waals surface area contributed by atoms with Crippen molar-refractivity contribution in [1.29, 1.82) is 0 Å². The van der Waals surface area contributed by atoms with Gasteiger partial charge >= 0.3 is 0 Å². The van der Waals surface area contributed by atoms with Crippen LogP contribution in [0.15, 0.2) is 47.6 Å². The van der Waals surface area contributed by atoms with Crippen LogP contribution in [0.5, 0.6) is 11.5 Å². The standard InChI is InChI=1S/C21H19N5O2/c1-27-17-9-12-7-8-23-19(13(12)10-18(17)28-2)14-11-24-21-25-15-5-3-4-6-16(15)26(21)20(14)22/h3-6,9-11H,7-8,22H2,1-2H3. The fourth-order valence-electron chi connectivity index (χ4n) is 3.78. The third-order valence-electron chi connectivity index (χ3n) is 5.14. The smallest absolute Gasteiger partial charge is 0.236 e. The average molecular weight is 373 g/mol. The van der Waals surface area contributed by atoms with Crippen molar-refractivity contribution in [2.45, 2.75) is 6.42 Å². The summed E-state index contributed by atoms with van der Waals surface area (Å²) in [6.45, 7) is 0.681. The second-order valence-corrected chi connectivity index (χ2v) is 6.64. The molecule has 0 atom stereocenters. The summed E-state index contributed by atoms with van der Waals surface area (Å²) in [6.07, 6.45) is 2.59. The number of aromatic nitrogens is 3. The molecule has 2 aromatic carbocycles. The number of aliphatic imine (C=N–C) groups is 1. The number of hydrogen-bond acceptors (Lipinski definition) is 6. The quantitative estimate of drug-likeness (QED) is 0.597. The Bertz CT molecular complexity index is 1260. The van der Waals surface area contributed by atoms with Crippen LogP contribution < -0.4 is 15.2 Å². The fourth-order valence-corrected chi connectivity index (χ4v) is 3.78. The van der Waals surface area contributed by atoms with Crippen LogP contribution in [0.1, 0.15) is 16.7 Å². The second kappa shape index (κ2) is 6.23. The number of nitrogen functional groups attached to an aromatic ring is 1. The van der Waals surface area contributed by atoms with Crippen LogP contribution in [0.3, 0.4) is 0 Å². The minimum absolute atomic E-state index is 0.570. The number of rotatable bonds is 3. The first-order valence-corrected chi connectivity index (χ1v) is 9.03. The summed E-state index contributed by atoms with van der Waals surface area (Å²) in [4.78, 5) is 13.9. The Kier molecular flexibility index (Phi) is 3.68. The molecule has 3 heterocycles. The van der Waals surface area contributed by atoms with Gasteiger partial charge in [-0.3, -0.25) is 9.39 Å². The Morgan fingerprint density at radius 3 is 2.64 bits per heavy atom. The average Bonchev–Trinajstić information content (AvgIpc) is 3.12. The van der Waals surface area contributed by atoms with Crippen LogP contribution in [0.25, 0.3) is 16.8 Å². The van der Waals surface area contributed by atoms with Crippen molar-refractivity contribution in [2.24, 2.45) is 4.99 Å². The molecular formula is C21H19N5O2. The van der Waals surface area contributed by atoms with Gasteiger partial charge in [0, 0.05) is 18.3 Å². The molecule has 1 aliphatic heterocycles. The van der Waals surface area contributed by atoms with E-state index >= 15 is 0 Å². The van der Waals surface area contributed by atoms with Crippen LogP contribution >= 0.6 is 0 Å². The Morgan fingerprint density at radius 2 is 1.82 bits per heavy atom. The molecule has 7 nitrogen and oxygen atoms in total. The highest BCUT2D eigenvalue weighted by Gasteiger charge is 2.23. The first-order valence-electron chi connectivity index (χ1n) is 9.03. The first-order chi connectivity index (χ1) is 13.7. The van der Waals surface area contributed by atoms with Gasteiger partial charge in [0.1, 0.15) is 5.82 Å². The highest BCUT2D eigenvalue weighted by molar-refractivity contribution is 6.17. The van der Waals surface area contributed by atoms with Crippen molar-refractivity contribution in [3.8, 4) is 11.5 Å². The molecular weight excluding hydrogens is 354 g/mol. The lowest BCUT2D eigenvalue weighted by Crippen LogP contribution is -2.18. The number of imidazole rings is 1. The number of methoxy groups -OCH3 is 2. The fraction of sp³-hybridized carbons (Fsp3) is 0.190. The minimum atomic E-state index is 0.570. The maximum atomic E-state index is 6.59. The zero-order valence-electron chi connectivity index (χ0n) is 15.6. The van der Waals surface area contributed by atoms with E-state index < -0.39 is 0 Å². The summed E-state index contributed by atoms with van der Waals surface area (Å²) in [5, 5.41) is 0. The van der Waals surface area contributed by atoms with Gasteiger partial charge in [-0.25, -0.2) is 9.97 Å². The zero-order valence-corrected chi connectivity index (χ0v) is 15.6. The summed E-state index contributed by atoms with van der Waals surface area (Å²) < 4.78 is 12.8. The molecule has 0 saturated carbocycles. The zero-order chi connectivity index (χ0) is 19.3. The first kappa shape index (κ1) is 16.6. The molecule has 2 aromatic heterocycles. The molecule has 4 aromatic rings. The number of hydrogen-bond donors (Lipinski definition) is 1. The molecule has 0 amide bonds. The van der Waals surface area contributed by atoms with Gasteiger partial charge in [-0.15, -0.1) is 0 Å². The van der Waals surface area contributed by atoms with Gasteiger partial charge in [0.2, 0.25) is 5.78 Å². The Morgan fingerprint density at radius 1 is 1.04 bits per heavy atom. The van der Waals surface area contributed by atoms with Crippen molar-refractivity contribution in [2.75, 3.05) is 26.5 Å². The maximum Gasteiger partial charge on any atom is 0.236 e. The molecule has 0 aliphatic carbocycles. The number of nitrogens with two attached hydrogens (primary N) is 1. The molecule has 7 heteroatoms. The largest absolute Gasteiger partial charge is 0.493 e. The summed E-state index contributed by atoms with van der Waals surface area (Å²) in [7, 11) is 3.27. The molecule has 0 spiro atoms. The molecule has 0 fully saturated rings. The van der Waals surface area contributed by atoms with E-state index in [0.717, 1.165) is 39.9 Å². The maximum absolute atomic E-state index is 6.59. The number of fused-ring (bicyclic) bond motifs is 4. The third kappa shape index (κ3) is 2.32. The SMILES string of the molecule is COc1cc2c(cc1OC)C(c1cnc3nc4ccccc4n3c1N)=NCC2. The second-order valence-electron chi connectivity index (χ2n) is 6.64. The molecule has 2 N–H and O–H groups in total. The summed E-state index contributed by atoms with van der Waals surface area (Å²) >= 11 is 0. The lowest BCUT2D eigenvalue weighted by atomic mass is 9.93. The van der Waals surface area contributed by atoms with E-state index in [1.54, 1.807) is 20.4 Å². The van der Waals surface area contributed by atoms with E-state index in [0.29, 0.717) is 29.6 Å². The van der Waals surface area contributed by atoms with E-state index in [4.69, 9.17) is 20.2 Å². The Labute approximate surface area is 161 Å². The van der Waals surface area contributed by atoms with Gasteiger partial charge in [-0.05, 0) is 36.2 Å². The number of para-hydroxylation sites is 2. The van der Waals surface area contributed by atoms with E-state index in [-0.39, 0.29) is 0 Å². The molecule has 28 heavy (non-hydrogen) atoms. The van der Waals surface area contributed by atoms with E-state index in [1.807, 2.05) is 40.8 Å². The van der Waals surface area contributed by atoms with Gasteiger partial charge < -0.3 is 15.2 Å². The Balaban J connectivity index is 1.74. The molecule has 0 bridgehead atoms. The van der Waals surface area contributed by atoms with Gasteiger partial charge in [0.15, 0.2) is 11.5 Å².